The number of phenols is 1. The number of aromatic hydroxyl groups is 1. The highest BCUT2D eigenvalue weighted by molar-refractivity contribution is 6.31. The molecule has 1 aliphatic heterocycles. The molecule has 0 saturated carbocycles. The molecular weight excluding hydrogens is 430 g/mol. The Bertz CT molecular complexity index is 1270. The number of hydrogen-bond acceptors (Lipinski definition) is 5. The van der Waals surface area contributed by atoms with Gasteiger partial charge in [0.1, 0.15) is 28.6 Å². The number of halogens is 1. The Morgan fingerprint density at radius 1 is 1.22 bits per heavy atom. The van der Waals surface area contributed by atoms with Crippen molar-refractivity contribution in [1.82, 2.24) is 15.1 Å². The molecule has 3 heterocycles. The maximum absolute atomic E-state index is 13.4. The lowest BCUT2D eigenvalue weighted by atomic mass is 9.95. The number of H-pyrrole nitrogens is 1. The minimum Gasteiger partial charge on any atom is -0.507 e. The first-order chi connectivity index (χ1) is 15.6. The van der Waals surface area contributed by atoms with Gasteiger partial charge in [0, 0.05) is 16.1 Å². The fourth-order valence-electron chi connectivity index (χ4n) is 4.09. The maximum atomic E-state index is 13.4. The summed E-state index contributed by atoms with van der Waals surface area (Å²) < 4.78 is 11.1. The molecule has 0 aliphatic carbocycles. The van der Waals surface area contributed by atoms with Gasteiger partial charge in [-0.2, -0.15) is 5.10 Å². The third-order valence-electron chi connectivity index (χ3n) is 5.49. The van der Waals surface area contributed by atoms with Crippen LogP contribution < -0.4 is 4.74 Å². The summed E-state index contributed by atoms with van der Waals surface area (Å²) in [5, 5.41) is 18.2. The predicted molar refractivity (Wildman–Crippen MR) is 119 cm³/mol. The van der Waals surface area contributed by atoms with Crippen molar-refractivity contribution in [2.45, 2.75) is 19.5 Å². The molecule has 2 aromatic carbocycles. The van der Waals surface area contributed by atoms with Crippen molar-refractivity contribution < 1.29 is 19.1 Å². The van der Waals surface area contributed by atoms with Gasteiger partial charge in [-0.3, -0.25) is 9.89 Å². The number of aromatic amines is 1. The first-order valence-electron chi connectivity index (χ1n) is 10.2. The molecule has 0 bridgehead atoms. The SMILES string of the molecule is CCOc1ccc(C2c3c(-c4cc(Cl)ccc4O)n[nH]c3C(=O)N2Cc2ccco2)cc1. The number of nitrogens with zero attached hydrogens (tertiary/aromatic N) is 2. The Labute approximate surface area is 189 Å². The second-order valence-electron chi connectivity index (χ2n) is 7.44. The highest BCUT2D eigenvalue weighted by Crippen LogP contribution is 2.45. The molecule has 8 heteroatoms. The molecule has 0 spiro atoms. The zero-order valence-corrected chi connectivity index (χ0v) is 18.0. The van der Waals surface area contributed by atoms with E-state index in [1.165, 1.54) is 6.07 Å². The summed E-state index contributed by atoms with van der Waals surface area (Å²) in [6.45, 7) is 2.78. The maximum Gasteiger partial charge on any atom is 0.273 e. The highest BCUT2D eigenvalue weighted by atomic mass is 35.5. The Kier molecular flexibility index (Phi) is 5.11. The molecule has 32 heavy (non-hydrogen) atoms. The lowest BCUT2D eigenvalue weighted by molar-refractivity contribution is 0.0717. The van der Waals surface area contributed by atoms with E-state index in [4.69, 9.17) is 20.8 Å². The van der Waals surface area contributed by atoms with Gasteiger partial charge in [-0.05, 0) is 55.0 Å². The molecule has 162 valence electrons. The van der Waals surface area contributed by atoms with Gasteiger partial charge in [0.15, 0.2) is 0 Å². The Hall–Kier alpha value is -3.71. The molecule has 7 nitrogen and oxygen atoms in total. The molecule has 2 aromatic heterocycles. The molecule has 0 saturated heterocycles. The van der Waals surface area contributed by atoms with Gasteiger partial charge in [0.2, 0.25) is 0 Å². The predicted octanol–water partition coefficient (Wildman–Crippen LogP) is 5.17. The summed E-state index contributed by atoms with van der Waals surface area (Å²) in [6, 6.07) is 15.6. The number of ether oxygens (including phenoxy) is 1. The van der Waals surface area contributed by atoms with E-state index < -0.39 is 6.04 Å². The van der Waals surface area contributed by atoms with E-state index in [1.807, 2.05) is 37.3 Å². The number of rotatable bonds is 6. The Morgan fingerprint density at radius 2 is 2.03 bits per heavy atom. The minimum atomic E-state index is -0.439. The van der Waals surface area contributed by atoms with Crippen LogP contribution in [0.5, 0.6) is 11.5 Å². The number of aromatic nitrogens is 2. The van der Waals surface area contributed by atoms with Gasteiger partial charge >= 0.3 is 0 Å². The summed E-state index contributed by atoms with van der Waals surface area (Å²) in [6.07, 6.45) is 1.58. The van der Waals surface area contributed by atoms with E-state index in [9.17, 15) is 9.90 Å². The van der Waals surface area contributed by atoms with Gasteiger partial charge < -0.3 is 19.2 Å². The third-order valence-corrected chi connectivity index (χ3v) is 5.73. The summed E-state index contributed by atoms with van der Waals surface area (Å²) in [7, 11) is 0. The number of carbonyl (C=O) groups is 1. The second-order valence-corrected chi connectivity index (χ2v) is 7.88. The largest absolute Gasteiger partial charge is 0.507 e. The lowest BCUT2D eigenvalue weighted by Gasteiger charge is -2.25. The first-order valence-corrected chi connectivity index (χ1v) is 10.6. The van der Waals surface area contributed by atoms with Gasteiger partial charge in [-0.1, -0.05) is 23.7 Å². The molecule has 1 aliphatic rings. The number of fused-ring (bicyclic) bond motifs is 1. The van der Waals surface area contributed by atoms with Crippen LogP contribution in [0.15, 0.2) is 65.3 Å². The van der Waals surface area contributed by atoms with Crippen LogP contribution in [0.4, 0.5) is 0 Å². The molecule has 2 N–H and O–H groups in total. The average molecular weight is 450 g/mol. The fourth-order valence-corrected chi connectivity index (χ4v) is 4.27. The van der Waals surface area contributed by atoms with Crippen LogP contribution in [-0.2, 0) is 6.54 Å². The molecule has 1 atom stereocenters. The molecule has 1 amide bonds. The van der Waals surface area contributed by atoms with Gasteiger partial charge in [0.25, 0.3) is 5.91 Å². The molecule has 0 fully saturated rings. The van der Waals surface area contributed by atoms with E-state index in [0.717, 1.165) is 11.3 Å². The van der Waals surface area contributed by atoms with Crippen molar-refractivity contribution >= 4 is 17.5 Å². The lowest BCUT2D eigenvalue weighted by Crippen LogP contribution is -2.28. The van der Waals surface area contributed by atoms with Gasteiger partial charge in [-0.15, -0.1) is 0 Å². The van der Waals surface area contributed by atoms with Crippen molar-refractivity contribution in [2.24, 2.45) is 0 Å². The molecule has 1 unspecified atom stereocenters. The van der Waals surface area contributed by atoms with Crippen LogP contribution in [0.1, 0.15) is 40.3 Å². The number of carbonyl (C=O) groups excluding carboxylic acids is 1. The van der Waals surface area contributed by atoms with Crippen LogP contribution in [0, 0.1) is 0 Å². The topological polar surface area (TPSA) is 91.6 Å². The molecular formula is C24H20ClN3O4. The third kappa shape index (κ3) is 3.40. The smallest absolute Gasteiger partial charge is 0.273 e. The Balaban J connectivity index is 1.65. The number of furan rings is 1. The summed E-state index contributed by atoms with van der Waals surface area (Å²) >= 11 is 6.18. The molecule has 5 rings (SSSR count). The van der Waals surface area contributed by atoms with Crippen LogP contribution in [0.3, 0.4) is 0 Å². The standard InChI is InChI=1S/C24H20ClN3O4/c1-2-31-16-8-5-14(6-9-16)23-20-21(18-12-15(25)7-10-19(18)29)26-27-22(20)24(30)28(23)13-17-4-3-11-32-17/h3-12,23,29H,2,13H2,1H3,(H,26,27). The normalized spacial score (nSPS) is 15.2. The first kappa shape index (κ1) is 20.2. The van der Waals surface area contributed by atoms with E-state index >= 15 is 0 Å². The molecule has 4 aromatic rings. The zero-order chi connectivity index (χ0) is 22.2. The Morgan fingerprint density at radius 3 is 2.75 bits per heavy atom. The highest BCUT2D eigenvalue weighted by Gasteiger charge is 2.42. The minimum absolute atomic E-state index is 0.0334. The number of benzene rings is 2. The monoisotopic (exact) mass is 449 g/mol. The number of phenolic OH excluding ortho intramolecular Hbond substituents is 1. The van der Waals surface area contributed by atoms with E-state index in [0.29, 0.717) is 39.9 Å². The number of amides is 1. The van der Waals surface area contributed by atoms with Crippen molar-refractivity contribution in [1.29, 1.82) is 0 Å². The zero-order valence-electron chi connectivity index (χ0n) is 17.2. The van der Waals surface area contributed by atoms with Crippen LogP contribution in [0.2, 0.25) is 5.02 Å². The number of nitrogens with one attached hydrogen (secondary N) is 1. The molecule has 0 radical (unpaired) electrons. The quantitative estimate of drug-likeness (QED) is 0.423. The summed E-state index contributed by atoms with van der Waals surface area (Å²) in [5.74, 6) is 1.25. The van der Waals surface area contributed by atoms with E-state index in [1.54, 1.807) is 29.4 Å². The van der Waals surface area contributed by atoms with Crippen LogP contribution >= 0.6 is 11.6 Å². The summed E-state index contributed by atoms with van der Waals surface area (Å²) in [4.78, 5) is 15.1. The van der Waals surface area contributed by atoms with Crippen LogP contribution in [-0.4, -0.2) is 32.7 Å². The van der Waals surface area contributed by atoms with Gasteiger partial charge in [-0.25, -0.2) is 0 Å². The van der Waals surface area contributed by atoms with Crippen molar-refractivity contribution in [3.8, 4) is 22.8 Å². The van der Waals surface area contributed by atoms with Crippen LogP contribution in [0.25, 0.3) is 11.3 Å². The van der Waals surface area contributed by atoms with E-state index in [2.05, 4.69) is 10.2 Å². The van der Waals surface area contributed by atoms with Crippen molar-refractivity contribution in [3.63, 3.8) is 0 Å². The second kappa shape index (κ2) is 8.09. The number of hydrogen-bond donors (Lipinski definition) is 2. The van der Waals surface area contributed by atoms with Gasteiger partial charge in [0.05, 0.1) is 25.5 Å². The average Bonchev–Trinajstić information content (AvgIpc) is 3.51. The van der Waals surface area contributed by atoms with E-state index in [-0.39, 0.29) is 18.2 Å². The fraction of sp³-hybridized carbons (Fsp3) is 0.167. The van der Waals surface area contributed by atoms with Crippen molar-refractivity contribution in [3.05, 3.63) is 88.5 Å². The summed E-state index contributed by atoms with van der Waals surface area (Å²) in [5.41, 5.74) is 2.89. The van der Waals surface area contributed by atoms with Crippen molar-refractivity contribution in [2.75, 3.05) is 6.61 Å².